The lowest BCUT2D eigenvalue weighted by Crippen LogP contribution is -2.20. The van der Waals surface area contributed by atoms with Crippen molar-refractivity contribution in [3.63, 3.8) is 0 Å². The maximum atomic E-state index is 15.1. The van der Waals surface area contributed by atoms with Crippen LogP contribution in [0.25, 0.3) is 22.3 Å². The van der Waals surface area contributed by atoms with Gasteiger partial charge in [-0.1, -0.05) is 58.8 Å². The average molecular weight is 431 g/mol. The second-order valence-corrected chi connectivity index (χ2v) is 9.33. The molecule has 168 valence electrons. The van der Waals surface area contributed by atoms with Gasteiger partial charge in [-0.2, -0.15) is 0 Å². The number of hydrogen-bond acceptors (Lipinski definition) is 1. The lowest BCUT2D eigenvalue weighted by molar-refractivity contribution is 0.173. The van der Waals surface area contributed by atoms with Crippen molar-refractivity contribution in [2.24, 2.45) is 11.8 Å². The van der Waals surface area contributed by atoms with E-state index in [9.17, 15) is 8.78 Å². The number of benzene rings is 2. The maximum absolute atomic E-state index is 15.1. The molecule has 1 fully saturated rings. The molecule has 0 unspecified atom stereocenters. The number of aryl methyl sites for hydroxylation is 1. The molecular formula is C27H33F3O. The Morgan fingerprint density at radius 1 is 0.806 bits per heavy atom. The highest BCUT2D eigenvalue weighted by Gasteiger charge is 2.34. The van der Waals surface area contributed by atoms with Gasteiger partial charge in [0.2, 0.25) is 0 Å². The molecule has 0 amide bonds. The first-order valence-corrected chi connectivity index (χ1v) is 12.0. The topological polar surface area (TPSA) is 9.23 Å². The Balaban J connectivity index is 1.40. The van der Waals surface area contributed by atoms with Crippen molar-refractivity contribution in [3.8, 4) is 28.0 Å². The number of hydrogen-bond donors (Lipinski definition) is 0. The van der Waals surface area contributed by atoms with Crippen LogP contribution in [0, 0.1) is 29.3 Å². The molecule has 0 radical (unpaired) electrons. The molecule has 2 aliphatic rings. The van der Waals surface area contributed by atoms with Crippen LogP contribution in [0.2, 0.25) is 0 Å². The average Bonchev–Trinajstić information content (AvgIpc) is 2.76. The van der Waals surface area contributed by atoms with Gasteiger partial charge in [0, 0.05) is 11.1 Å². The largest absolute Gasteiger partial charge is 0.490 e. The van der Waals surface area contributed by atoms with E-state index in [0.29, 0.717) is 35.6 Å². The highest BCUT2D eigenvalue weighted by atomic mass is 19.2. The smallest absolute Gasteiger partial charge is 0.173 e. The predicted molar refractivity (Wildman–Crippen MR) is 120 cm³/mol. The fraction of sp³-hybridized carbons (Fsp3) is 0.556. The van der Waals surface area contributed by atoms with Crippen LogP contribution in [0.5, 0.6) is 5.75 Å². The summed E-state index contributed by atoms with van der Waals surface area (Å²) in [7, 11) is 0. The fourth-order valence-electron chi connectivity index (χ4n) is 5.24. The van der Waals surface area contributed by atoms with Crippen LogP contribution >= 0.6 is 0 Å². The van der Waals surface area contributed by atoms with E-state index in [0.717, 1.165) is 25.2 Å². The first-order chi connectivity index (χ1) is 15.0. The molecule has 0 bridgehead atoms. The monoisotopic (exact) mass is 430 g/mol. The molecule has 0 aromatic heterocycles. The number of fused-ring (bicyclic) bond motifs is 4. The van der Waals surface area contributed by atoms with Gasteiger partial charge < -0.3 is 4.74 Å². The normalized spacial score (nSPS) is 19.5. The molecule has 2 aromatic carbocycles. The quantitative estimate of drug-likeness (QED) is 0.309. The lowest BCUT2D eigenvalue weighted by Gasteiger charge is -2.30. The summed E-state index contributed by atoms with van der Waals surface area (Å²) in [6.45, 7) is 4.64. The Labute approximate surface area is 184 Å². The fourth-order valence-corrected chi connectivity index (χ4v) is 5.24. The highest BCUT2D eigenvalue weighted by Crippen LogP contribution is 2.52. The van der Waals surface area contributed by atoms with Gasteiger partial charge in [0.1, 0.15) is 0 Å². The van der Waals surface area contributed by atoms with Crippen LogP contribution in [0.4, 0.5) is 13.2 Å². The van der Waals surface area contributed by atoms with Crippen molar-refractivity contribution in [1.82, 2.24) is 0 Å². The van der Waals surface area contributed by atoms with Crippen molar-refractivity contribution < 1.29 is 17.9 Å². The van der Waals surface area contributed by atoms with E-state index in [1.807, 2.05) is 6.92 Å². The molecule has 2 aliphatic carbocycles. The summed E-state index contributed by atoms with van der Waals surface area (Å²) in [6, 6.07) is 5.07. The van der Waals surface area contributed by atoms with E-state index >= 15 is 4.39 Å². The maximum Gasteiger partial charge on any atom is 0.173 e. The molecule has 31 heavy (non-hydrogen) atoms. The third kappa shape index (κ3) is 4.36. The lowest BCUT2D eigenvalue weighted by atomic mass is 9.78. The SMILES string of the molecule is CCCCCC1CCC(COc2ccc3c(c2F)-c2c-3cc(CCC)c(F)c2F)CC1. The zero-order valence-corrected chi connectivity index (χ0v) is 18.7. The van der Waals surface area contributed by atoms with Gasteiger partial charge in [-0.15, -0.1) is 0 Å². The van der Waals surface area contributed by atoms with Crippen molar-refractivity contribution >= 4 is 0 Å². The van der Waals surface area contributed by atoms with Gasteiger partial charge >= 0.3 is 0 Å². The molecule has 1 nitrogen and oxygen atoms in total. The molecule has 0 aliphatic heterocycles. The van der Waals surface area contributed by atoms with E-state index < -0.39 is 17.5 Å². The van der Waals surface area contributed by atoms with Crippen LogP contribution in [0.15, 0.2) is 18.2 Å². The van der Waals surface area contributed by atoms with Gasteiger partial charge in [-0.3, -0.25) is 0 Å². The molecule has 0 heterocycles. The molecule has 4 rings (SSSR count). The minimum Gasteiger partial charge on any atom is -0.490 e. The third-order valence-corrected chi connectivity index (χ3v) is 7.10. The molecule has 4 heteroatoms. The third-order valence-electron chi connectivity index (χ3n) is 7.10. The van der Waals surface area contributed by atoms with Gasteiger partial charge in [0.15, 0.2) is 23.2 Å². The summed E-state index contributed by atoms with van der Waals surface area (Å²) < 4.78 is 50.0. The molecule has 0 spiro atoms. The molecule has 0 N–H and O–H groups in total. The number of ether oxygens (including phenoxy) is 1. The van der Waals surface area contributed by atoms with E-state index in [1.54, 1.807) is 18.2 Å². The number of rotatable bonds is 9. The zero-order chi connectivity index (χ0) is 22.0. The standard InChI is InChI=1S/C27H33F3O/c1-3-5-6-8-17-9-11-18(12-10-17)16-31-22-14-13-20-21-15-19(7-4-2)25(28)27(30)24(21)23(20)26(22)29/h13-15,17-18H,3-12,16H2,1-2H3. The van der Waals surface area contributed by atoms with Gasteiger partial charge in [0.05, 0.1) is 6.61 Å². The van der Waals surface area contributed by atoms with E-state index in [1.165, 1.54) is 38.5 Å². The minimum atomic E-state index is -0.939. The predicted octanol–water partition coefficient (Wildman–Crippen LogP) is 8.47. The van der Waals surface area contributed by atoms with Crippen LogP contribution in [0.1, 0.15) is 77.2 Å². The van der Waals surface area contributed by atoms with Crippen molar-refractivity contribution in [2.45, 2.75) is 78.1 Å². The van der Waals surface area contributed by atoms with Crippen molar-refractivity contribution in [3.05, 3.63) is 41.2 Å². The summed E-state index contributed by atoms with van der Waals surface area (Å²) in [5.41, 5.74) is 1.82. The first-order valence-electron chi connectivity index (χ1n) is 12.0. The van der Waals surface area contributed by atoms with Gasteiger partial charge in [0.25, 0.3) is 0 Å². The van der Waals surface area contributed by atoms with E-state index in [2.05, 4.69) is 6.92 Å². The van der Waals surface area contributed by atoms with Gasteiger partial charge in [-0.05, 0) is 66.0 Å². The highest BCUT2D eigenvalue weighted by molar-refractivity contribution is 6.03. The zero-order valence-electron chi connectivity index (χ0n) is 18.7. The summed E-state index contributed by atoms with van der Waals surface area (Å²) in [5, 5.41) is 0. The van der Waals surface area contributed by atoms with Crippen molar-refractivity contribution in [1.29, 1.82) is 0 Å². The molecule has 2 aromatic rings. The summed E-state index contributed by atoms with van der Waals surface area (Å²) in [4.78, 5) is 0. The van der Waals surface area contributed by atoms with Crippen LogP contribution < -0.4 is 4.74 Å². The Hall–Kier alpha value is -1.97. The molecule has 0 atom stereocenters. The second kappa shape index (κ2) is 9.67. The van der Waals surface area contributed by atoms with Crippen LogP contribution in [-0.2, 0) is 6.42 Å². The summed E-state index contributed by atoms with van der Waals surface area (Å²) in [5.74, 6) is -0.959. The molecular weight excluding hydrogens is 397 g/mol. The van der Waals surface area contributed by atoms with Crippen LogP contribution in [-0.4, -0.2) is 6.61 Å². The molecule has 0 saturated heterocycles. The summed E-state index contributed by atoms with van der Waals surface area (Å²) in [6.07, 6.45) is 11.1. The Morgan fingerprint density at radius 3 is 2.23 bits per heavy atom. The molecule has 1 saturated carbocycles. The number of halogens is 3. The van der Waals surface area contributed by atoms with Crippen molar-refractivity contribution in [2.75, 3.05) is 6.61 Å². The Kier molecular flexibility index (Phi) is 6.93. The Morgan fingerprint density at radius 2 is 1.52 bits per heavy atom. The first kappa shape index (κ1) is 22.2. The number of unbranched alkanes of at least 4 members (excludes halogenated alkanes) is 2. The minimum absolute atomic E-state index is 0.0582. The second-order valence-electron chi connectivity index (χ2n) is 9.33. The Bertz CT molecular complexity index is 929. The van der Waals surface area contributed by atoms with E-state index in [-0.39, 0.29) is 16.9 Å². The summed E-state index contributed by atoms with van der Waals surface area (Å²) >= 11 is 0. The van der Waals surface area contributed by atoms with E-state index in [4.69, 9.17) is 4.74 Å². The van der Waals surface area contributed by atoms with Crippen LogP contribution in [0.3, 0.4) is 0 Å². The van der Waals surface area contributed by atoms with Gasteiger partial charge in [-0.25, -0.2) is 13.2 Å².